The van der Waals surface area contributed by atoms with Gasteiger partial charge in [-0.1, -0.05) is 30.3 Å². The number of methoxy groups -OCH3 is 1. The zero-order valence-electron chi connectivity index (χ0n) is 10.0. The summed E-state index contributed by atoms with van der Waals surface area (Å²) in [6.07, 6.45) is 0.0164. The monoisotopic (exact) mass is 248 g/mol. The van der Waals surface area contributed by atoms with E-state index in [1.165, 1.54) is 5.56 Å². The van der Waals surface area contributed by atoms with Crippen LogP contribution in [0.15, 0.2) is 30.3 Å². The number of nitrogens with two attached hydrogens (primary N) is 1. The number of ether oxygens (including phenoxy) is 1. The summed E-state index contributed by atoms with van der Waals surface area (Å²) in [6.45, 7) is 2.45. The second kappa shape index (κ2) is 5.40. The molecule has 2 aromatic rings. The Bertz CT molecular complexity index is 481. The van der Waals surface area contributed by atoms with Crippen molar-refractivity contribution in [2.45, 2.75) is 19.6 Å². The molecule has 0 aliphatic heterocycles. The fraction of sp³-hybridized carbons (Fsp3) is 0.308. The maximum atomic E-state index is 5.75. The summed E-state index contributed by atoms with van der Waals surface area (Å²) >= 11 is 1.65. The zero-order chi connectivity index (χ0) is 12.3. The predicted octanol–water partition coefficient (Wildman–Crippen LogP) is 2.98. The molecule has 1 atom stereocenters. The van der Waals surface area contributed by atoms with Gasteiger partial charge in [0, 0.05) is 13.7 Å². The molecular formula is C13H16N2OS. The third-order valence-corrected chi connectivity index (χ3v) is 3.95. The smallest absolute Gasteiger partial charge is 0.122 e. The minimum atomic E-state index is 0.0164. The van der Waals surface area contributed by atoms with Crippen LogP contribution in [0.3, 0.4) is 0 Å². The van der Waals surface area contributed by atoms with Crippen LogP contribution >= 0.6 is 11.3 Å². The standard InChI is InChI=1S/C13H16N2OS/c1-9(16-2)13-15-11(8-14)12(17-13)10-6-4-3-5-7-10/h3-7,9H,8,14H2,1-2H3. The molecule has 0 aliphatic carbocycles. The van der Waals surface area contributed by atoms with Crippen molar-refractivity contribution in [1.29, 1.82) is 0 Å². The van der Waals surface area contributed by atoms with Crippen LogP contribution in [0.5, 0.6) is 0 Å². The number of aromatic nitrogens is 1. The summed E-state index contributed by atoms with van der Waals surface area (Å²) in [5.74, 6) is 0. The summed E-state index contributed by atoms with van der Waals surface area (Å²) in [5.41, 5.74) is 7.86. The second-order valence-corrected chi connectivity index (χ2v) is 4.81. The molecule has 3 nitrogen and oxygen atoms in total. The van der Waals surface area contributed by atoms with E-state index in [1.54, 1.807) is 18.4 Å². The molecule has 1 unspecified atom stereocenters. The molecule has 1 aromatic carbocycles. The lowest BCUT2D eigenvalue weighted by Crippen LogP contribution is -2.00. The summed E-state index contributed by atoms with van der Waals surface area (Å²) < 4.78 is 5.29. The van der Waals surface area contributed by atoms with Gasteiger partial charge < -0.3 is 10.5 Å². The van der Waals surface area contributed by atoms with E-state index in [-0.39, 0.29) is 6.10 Å². The topological polar surface area (TPSA) is 48.1 Å². The van der Waals surface area contributed by atoms with Crippen molar-refractivity contribution >= 4 is 11.3 Å². The average molecular weight is 248 g/mol. The van der Waals surface area contributed by atoms with Gasteiger partial charge in [0.15, 0.2) is 0 Å². The van der Waals surface area contributed by atoms with Gasteiger partial charge in [0.1, 0.15) is 11.1 Å². The highest BCUT2D eigenvalue weighted by Crippen LogP contribution is 2.33. The number of hydrogen-bond acceptors (Lipinski definition) is 4. The van der Waals surface area contributed by atoms with Crippen molar-refractivity contribution in [3.05, 3.63) is 41.0 Å². The first-order chi connectivity index (χ1) is 8.26. The Morgan fingerprint density at radius 3 is 2.65 bits per heavy atom. The molecule has 1 heterocycles. The van der Waals surface area contributed by atoms with Crippen LogP contribution in [0.2, 0.25) is 0 Å². The molecule has 2 N–H and O–H groups in total. The van der Waals surface area contributed by atoms with Gasteiger partial charge in [-0.25, -0.2) is 4.98 Å². The van der Waals surface area contributed by atoms with Gasteiger partial charge in [0.05, 0.1) is 10.6 Å². The van der Waals surface area contributed by atoms with E-state index in [2.05, 4.69) is 17.1 Å². The number of nitrogens with zero attached hydrogens (tertiary/aromatic N) is 1. The largest absolute Gasteiger partial charge is 0.375 e. The van der Waals surface area contributed by atoms with Crippen molar-refractivity contribution in [1.82, 2.24) is 4.98 Å². The van der Waals surface area contributed by atoms with E-state index in [0.29, 0.717) is 6.54 Å². The first-order valence-corrected chi connectivity index (χ1v) is 6.35. The minimum absolute atomic E-state index is 0.0164. The molecule has 0 fully saturated rings. The summed E-state index contributed by atoms with van der Waals surface area (Å²) in [7, 11) is 1.69. The van der Waals surface area contributed by atoms with Gasteiger partial charge in [0.2, 0.25) is 0 Å². The molecule has 0 aliphatic rings. The Hall–Kier alpha value is -1.23. The maximum Gasteiger partial charge on any atom is 0.122 e. The second-order valence-electron chi connectivity index (χ2n) is 3.78. The minimum Gasteiger partial charge on any atom is -0.375 e. The van der Waals surface area contributed by atoms with Gasteiger partial charge in [-0.3, -0.25) is 0 Å². The van der Waals surface area contributed by atoms with E-state index in [1.807, 2.05) is 25.1 Å². The van der Waals surface area contributed by atoms with Crippen molar-refractivity contribution in [2.75, 3.05) is 7.11 Å². The normalized spacial score (nSPS) is 12.6. The quantitative estimate of drug-likeness (QED) is 0.905. The summed E-state index contributed by atoms with van der Waals surface area (Å²) in [6, 6.07) is 10.2. The molecule has 17 heavy (non-hydrogen) atoms. The van der Waals surface area contributed by atoms with E-state index in [9.17, 15) is 0 Å². The van der Waals surface area contributed by atoms with Crippen LogP contribution in [-0.4, -0.2) is 12.1 Å². The van der Waals surface area contributed by atoms with Crippen LogP contribution in [0.4, 0.5) is 0 Å². The Labute approximate surface area is 105 Å². The molecule has 1 aromatic heterocycles. The third kappa shape index (κ3) is 2.54. The average Bonchev–Trinajstić information content (AvgIpc) is 2.83. The summed E-state index contributed by atoms with van der Waals surface area (Å²) in [4.78, 5) is 5.69. The van der Waals surface area contributed by atoms with Crippen LogP contribution < -0.4 is 5.73 Å². The van der Waals surface area contributed by atoms with E-state index in [0.717, 1.165) is 15.6 Å². The van der Waals surface area contributed by atoms with Crippen molar-refractivity contribution in [2.24, 2.45) is 5.73 Å². The van der Waals surface area contributed by atoms with Gasteiger partial charge in [0.25, 0.3) is 0 Å². The predicted molar refractivity (Wildman–Crippen MR) is 70.9 cm³/mol. The Kier molecular flexibility index (Phi) is 3.89. The SMILES string of the molecule is COC(C)c1nc(CN)c(-c2ccccc2)s1. The Morgan fingerprint density at radius 1 is 1.35 bits per heavy atom. The van der Waals surface area contributed by atoms with E-state index >= 15 is 0 Å². The number of benzene rings is 1. The number of hydrogen-bond donors (Lipinski definition) is 1. The van der Waals surface area contributed by atoms with Gasteiger partial charge >= 0.3 is 0 Å². The molecule has 0 spiro atoms. The number of rotatable bonds is 4. The van der Waals surface area contributed by atoms with Crippen molar-refractivity contribution in [3.8, 4) is 10.4 Å². The highest BCUT2D eigenvalue weighted by atomic mass is 32.1. The molecule has 0 saturated heterocycles. The van der Waals surface area contributed by atoms with Crippen molar-refractivity contribution < 1.29 is 4.74 Å². The van der Waals surface area contributed by atoms with Gasteiger partial charge in [-0.05, 0) is 12.5 Å². The molecule has 0 amide bonds. The fourth-order valence-corrected chi connectivity index (χ4v) is 2.73. The Balaban J connectivity index is 2.43. The third-order valence-electron chi connectivity index (χ3n) is 2.64. The lowest BCUT2D eigenvalue weighted by molar-refractivity contribution is 0.119. The molecule has 2 rings (SSSR count). The lowest BCUT2D eigenvalue weighted by atomic mass is 10.1. The molecular weight excluding hydrogens is 232 g/mol. The van der Waals surface area contributed by atoms with Crippen LogP contribution in [0.1, 0.15) is 23.7 Å². The van der Waals surface area contributed by atoms with Crippen LogP contribution in [-0.2, 0) is 11.3 Å². The highest BCUT2D eigenvalue weighted by Gasteiger charge is 2.15. The molecule has 90 valence electrons. The van der Waals surface area contributed by atoms with Gasteiger partial charge in [-0.15, -0.1) is 11.3 Å². The first-order valence-electron chi connectivity index (χ1n) is 5.54. The van der Waals surface area contributed by atoms with Crippen LogP contribution in [0.25, 0.3) is 10.4 Å². The molecule has 4 heteroatoms. The maximum absolute atomic E-state index is 5.75. The van der Waals surface area contributed by atoms with E-state index < -0.39 is 0 Å². The zero-order valence-corrected chi connectivity index (χ0v) is 10.8. The van der Waals surface area contributed by atoms with Gasteiger partial charge in [-0.2, -0.15) is 0 Å². The van der Waals surface area contributed by atoms with Crippen LogP contribution in [0, 0.1) is 0 Å². The lowest BCUT2D eigenvalue weighted by Gasteiger charge is -2.03. The fourth-order valence-electron chi connectivity index (χ4n) is 1.60. The first kappa shape index (κ1) is 12.2. The molecule has 0 bridgehead atoms. The molecule has 0 radical (unpaired) electrons. The Morgan fingerprint density at radius 2 is 2.06 bits per heavy atom. The summed E-state index contributed by atoms with van der Waals surface area (Å²) in [5, 5.41) is 0.979. The number of thiazole rings is 1. The van der Waals surface area contributed by atoms with E-state index in [4.69, 9.17) is 10.5 Å². The molecule has 0 saturated carbocycles. The highest BCUT2D eigenvalue weighted by molar-refractivity contribution is 7.15. The van der Waals surface area contributed by atoms with Crippen molar-refractivity contribution in [3.63, 3.8) is 0 Å².